The number of nitrogens with zero attached hydrogens (tertiary/aromatic N) is 1. The molecule has 0 saturated heterocycles. The van der Waals surface area contributed by atoms with Gasteiger partial charge in [-0.05, 0) is 103 Å². The Morgan fingerprint density at radius 2 is 0.568 bits per heavy atom. The van der Waals surface area contributed by atoms with Crippen LogP contribution in [0.25, 0.3) is 0 Å². The van der Waals surface area contributed by atoms with E-state index in [9.17, 15) is 19.5 Å². The zero-order valence-corrected chi connectivity index (χ0v) is 62.6. The van der Waals surface area contributed by atoms with Gasteiger partial charge in [0.1, 0.15) is 13.2 Å². The van der Waals surface area contributed by atoms with Crippen LogP contribution in [0.1, 0.15) is 348 Å². The standard InChI is InChI=1S/C86H149NO8/c1-6-8-10-12-14-16-18-20-22-24-26-28-30-32-34-36-38-39-40-41-42-43-44-45-47-49-51-53-55-57-59-61-63-65-67-69-71-73-75-77-84(89)95-82(81-94-86(85(90)91)92-79-78-87(3,4)5)80-93-83(88)76-74-72-70-68-66-64-62-60-58-56-54-52-50-48-46-37-35-33-31-29-27-25-23-21-19-17-15-13-11-9-7-2/h8-11,14-17,20-23,26-29,32-35,82,86H,6-7,12-13,18-19,24-25,30-31,36-81H2,1-5H3/p+1/b10-8-,11-9-,16-14-,17-15-,22-20-,23-21-,28-26-,29-27-,34-32-,35-33-. The Hall–Kier alpha value is -4.31. The van der Waals surface area contributed by atoms with Crippen LogP contribution in [0.4, 0.5) is 0 Å². The van der Waals surface area contributed by atoms with E-state index in [1.807, 2.05) is 21.1 Å². The normalized spacial score (nSPS) is 13.3. The summed E-state index contributed by atoms with van der Waals surface area (Å²) in [6.45, 7) is 4.69. The summed E-state index contributed by atoms with van der Waals surface area (Å²) in [5, 5.41) is 9.77. The van der Waals surface area contributed by atoms with Crippen molar-refractivity contribution in [1.82, 2.24) is 0 Å². The highest BCUT2D eigenvalue weighted by atomic mass is 16.7. The number of carboxylic acid groups (broad SMARTS) is 1. The minimum atomic E-state index is -1.51. The largest absolute Gasteiger partial charge is 0.477 e. The van der Waals surface area contributed by atoms with Gasteiger partial charge in [0.15, 0.2) is 6.10 Å². The molecule has 0 aliphatic carbocycles. The molecule has 0 aliphatic heterocycles. The summed E-state index contributed by atoms with van der Waals surface area (Å²) in [6.07, 6.45) is 105. The Bertz CT molecular complexity index is 1980. The molecule has 0 aromatic rings. The van der Waals surface area contributed by atoms with Gasteiger partial charge in [-0.25, -0.2) is 4.79 Å². The number of quaternary nitrogens is 1. The van der Waals surface area contributed by atoms with Crippen molar-refractivity contribution < 1.29 is 42.9 Å². The molecule has 0 amide bonds. The third-order valence-electron chi connectivity index (χ3n) is 17.2. The molecule has 0 radical (unpaired) electrons. The molecule has 0 heterocycles. The fourth-order valence-electron chi connectivity index (χ4n) is 11.2. The molecule has 2 atom stereocenters. The lowest BCUT2D eigenvalue weighted by molar-refractivity contribution is -0.870. The molecule has 0 rings (SSSR count). The minimum absolute atomic E-state index is 0.183. The Labute approximate surface area is 587 Å². The fraction of sp³-hybridized carbons (Fsp3) is 0.733. The van der Waals surface area contributed by atoms with Gasteiger partial charge >= 0.3 is 17.9 Å². The van der Waals surface area contributed by atoms with Gasteiger partial charge < -0.3 is 28.5 Å². The molecule has 0 bridgehead atoms. The second kappa shape index (κ2) is 75.5. The molecule has 0 aromatic carbocycles. The lowest BCUT2D eigenvalue weighted by Gasteiger charge is -2.25. The quantitative estimate of drug-likeness (QED) is 0.0211. The van der Waals surface area contributed by atoms with Crippen LogP contribution >= 0.6 is 0 Å². The van der Waals surface area contributed by atoms with Crippen molar-refractivity contribution in [2.45, 2.75) is 360 Å². The molecular formula is C86H150NO8+. The highest BCUT2D eigenvalue weighted by molar-refractivity contribution is 5.71. The Morgan fingerprint density at radius 3 is 0.842 bits per heavy atom. The van der Waals surface area contributed by atoms with E-state index in [0.29, 0.717) is 17.4 Å². The van der Waals surface area contributed by atoms with Crippen LogP contribution in [0, 0.1) is 0 Å². The smallest absolute Gasteiger partial charge is 0.361 e. The monoisotopic (exact) mass is 1330 g/mol. The van der Waals surface area contributed by atoms with Crippen LogP contribution in [0.3, 0.4) is 0 Å². The van der Waals surface area contributed by atoms with Crippen molar-refractivity contribution in [1.29, 1.82) is 0 Å². The molecule has 95 heavy (non-hydrogen) atoms. The topological polar surface area (TPSA) is 108 Å². The fourth-order valence-corrected chi connectivity index (χ4v) is 11.2. The number of aliphatic carboxylic acids is 1. The van der Waals surface area contributed by atoms with Crippen molar-refractivity contribution in [3.05, 3.63) is 122 Å². The van der Waals surface area contributed by atoms with Crippen LogP contribution in [0.15, 0.2) is 122 Å². The first-order chi connectivity index (χ1) is 46.6. The van der Waals surface area contributed by atoms with Gasteiger partial charge in [-0.3, -0.25) is 9.59 Å². The van der Waals surface area contributed by atoms with Crippen molar-refractivity contribution in [2.75, 3.05) is 47.5 Å². The first kappa shape index (κ1) is 90.7. The van der Waals surface area contributed by atoms with E-state index in [1.165, 1.54) is 218 Å². The van der Waals surface area contributed by atoms with E-state index in [1.54, 1.807) is 0 Å². The zero-order valence-electron chi connectivity index (χ0n) is 62.6. The third-order valence-corrected chi connectivity index (χ3v) is 17.2. The van der Waals surface area contributed by atoms with E-state index in [4.69, 9.17) is 18.9 Å². The van der Waals surface area contributed by atoms with E-state index in [0.717, 1.165) is 103 Å². The molecule has 0 spiro atoms. The van der Waals surface area contributed by atoms with Gasteiger partial charge in [0.25, 0.3) is 6.29 Å². The summed E-state index contributed by atoms with van der Waals surface area (Å²) in [5.41, 5.74) is 0. The summed E-state index contributed by atoms with van der Waals surface area (Å²) in [5.74, 6) is -1.99. The van der Waals surface area contributed by atoms with E-state index >= 15 is 0 Å². The summed E-state index contributed by atoms with van der Waals surface area (Å²) in [6, 6.07) is 0. The number of unbranched alkanes of at least 4 members (excludes halogenated alkanes) is 38. The summed E-state index contributed by atoms with van der Waals surface area (Å²) in [7, 11) is 5.99. The van der Waals surface area contributed by atoms with Gasteiger partial charge in [0.05, 0.1) is 34.4 Å². The highest BCUT2D eigenvalue weighted by Crippen LogP contribution is 2.19. The number of hydrogen-bond acceptors (Lipinski definition) is 7. The zero-order chi connectivity index (χ0) is 69.0. The lowest BCUT2D eigenvalue weighted by atomic mass is 10.0. The van der Waals surface area contributed by atoms with Crippen LogP contribution in [-0.4, -0.2) is 87.4 Å². The minimum Gasteiger partial charge on any atom is -0.477 e. The van der Waals surface area contributed by atoms with Crippen LogP contribution in [0.5, 0.6) is 0 Å². The van der Waals surface area contributed by atoms with Crippen LogP contribution in [0.2, 0.25) is 0 Å². The number of hydrogen-bond donors (Lipinski definition) is 1. The average Bonchev–Trinajstić information content (AvgIpc) is 2.92. The number of rotatable bonds is 73. The van der Waals surface area contributed by atoms with Crippen molar-refractivity contribution in [3.63, 3.8) is 0 Å². The Balaban J connectivity index is 4.00. The van der Waals surface area contributed by atoms with Crippen molar-refractivity contribution in [2.24, 2.45) is 0 Å². The van der Waals surface area contributed by atoms with Crippen LogP contribution < -0.4 is 0 Å². The maximum atomic E-state index is 13.0. The average molecular weight is 1330 g/mol. The van der Waals surface area contributed by atoms with Gasteiger partial charge in [-0.1, -0.05) is 354 Å². The second-order valence-corrected chi connectivity index (χ2v) is 27.6. The van der Waals surface area contributed by atoms with Crippen molar-refractivity contribution in [3.8, 4) is 0 Å². The molecule has 0 fully saturated rings. The molecule has 546 valence electrons. The number of allylic oxidation sites excluding steroid dienone is 20. The molecule has 9 heteroatoms. The van der Waals surface area contributed by atoms with Gasteiger partial charge in [-0.2, -0.15) is 0 Å². The molecule has 0 aliphatic rings. The van der Waals surface area contributed by atoms with E-state index in [2.05, 4.69) is 135 Å². The predicted octanol–water partition coefficient (Wildman–Crippen LogP) is 25.5. The number of ether oxygens (including phenoxy) is 4. The number of esters is 2. The Morgan fingerprint density at radius 1 is 0.316 bits per heavy atom. The summed E-state index contributed by atoms with van der Waals surface area (Å²) >= 11 is 0. The third kappa shape index (κ3) is 76.9. The second-order valence-electron chi connectivity index (χ2n) is 27.6. The first-order valence-electron chi connectivity index (χ1n) is 39.7. The molecule has 0 saturated carbocycles. The summed E-state index contributed by atoms with van der Waals surface area (Å²) < 4.78 is 23.1. The predicted molar refractivity (Wildman–Crippen MR) is 410 cm³/mol. The molecule has 9 nitrogen and oxygen atoms in total. The van der Waals surface area contributed by atoms with E-state index in [-0.39, 0.29) is 38.2 Å². The SMILES string of the molecule is CC/C=C\C/C=C\C/C=C\C/C=C\C/C=C\CCCCCCCCCCCCCCCCCCCCCCCCCC(=O)OC(COC(=O)CCCCCCCCCCCCCCCCC/C=C\C/C=C\C/C=C\C/C=C\C/C=C\CC)COC(OCC[N+](C)(C)C)C(=O)O. The molecule has 2 unspecified atom stereocenters. The van der Waals surface area contributed by atoms with Gasteiger partial charge in [-0.15, -0.1) is 0 Å². The maximum Gasteiger partial charge on any atom is 0.361 e. The van der Waals surface area contributed by atoms with E-state index < -0.39 is 18.4 Å². The maximum absolute atomic E-state index is 13.0. The number of carbonyl (C=O) groups excluding carboxylic acids is 2. The highest BCUT2D eigenvalue weighted by Gasteiger charge is 2.25. The van der Waals surface area contributed by atoms with Crippen LogP contribution in [-0.2, 0) is 33.3 Å². The first-order valence-corrected chi connectivity index (χ1v) is 39.7. The Kier molecular flexibility index (Phi) is 72.0. The molecule has 1 N–H and O–H groups in total. The lowest BCUT2D eigenvalue weighted by Crippen LogP contribution is -2.40. The van der Waals surface area contributed by atoms with Gasteiger partial charge in [0.2, 0.25) is 0 Å². The summed E-state index contributed by atoms with van der Waals surface area (Å²) in [4.78, 5) is 37.7. The van der Waals surface area contributed by atoms with Crippen molar-refractivity contribution >= 4 is 17.9 Å². The molecule has 0 aromatic heterocycles. The number of carbonyl (C=O) groups is 3. The van der Waals surface area contributed by atoms with Gasteiger partial charge in [0, 0.05) is 12.8 Å². The number of carboxylic acids is 1. The molecular weight excluding hydrogens is 1170 g/mol. The number of likely N-dealkylation sites (N-methyl/N-ethyl adjacent to an activating group) is 1.